The van der Waals surface area contributed by atoms with Crippen LogP contribution in [0.25, 0.3) is 104 Å². The van der Waals surface area contributed by atoms with Crippen LogP contribution >= 0.6 is 0 Å². The van der Waals surface area contributed by atoms with Gasteiger partial charge >= 0.3 is 0 Å². The Bertz CT molecular complexity index is 3820. The van der Waals surface area contributed by atoms with Gasteiger partial charge in [-0.25, -0.2) is 0 Å². The molecule has 11 aromatic carbocycles. The maximum atomic E-state index is 6.57. The average Bonchev–Trinajstić information content (AvgIpc) is 3.90. The Morgan fingerprint density at radius 3 is 1.44 bits per heavy atom. The van der Waals surface area contributed by atoms with Crippen LogP contribution in [0.2, 0.25) is 0 Å². The molecule has 0 radical (unpaired) electrons. The minimum Gasteiger partial charge on any atom is -0.455 e. The molecule has 0 fully saturated rings. The van der Waals surface area contributed by atoms with Gasteiger partial charge in [-0.2, -0.15) is 0 Å². The lowest BCUT2D eigenvalue weighted by molar-refractivity contribution is 0.670. The summed E-state index contributed by atoms with van der Waals surface area (Å²) in [5.74, 6) is 0. The third-order valence-corrected chi connectivity index (χ3v) is 13.0. The molecule has 0 bridgehead atoms. The molecule has 13 rings (SSSR count). The summed E-state index contributed by atoms with van der Waals surface area (Å²) in [4.78, 5) is 2.31. The molecule has 2 aromatic heterocycles. The molecule has 2 heterocycles. The lowest BCUT2D eigenvalue weighted by atomic mass is 9.94. The van der Waals surface area contributed by atoms with Crippen LogP contribution in [0.5, 0.6) is 0 Å². The van der Waals surface area contributed by atoms with E-state index in [1.807, 2.05) is 6.07 Å². The number of anilines is 3. The molecule has 63 heavy (non-hydrogen) atoms. The summed E-state index contributed by atoms with van der Waals surface area (Å²) in [6.07, 6.45) is 0. The molecule has 0 spiro atoms. The van der Waals surface area contributed by atoms with Crippen LogP contribution in [-0.2, 0) is 0 Å². The minimum absolute atomic E-state index is 0.903. The van der Waals surface area contributed by atoms with E-state index in [9.17, 15) is 0 Å². The number of hydrogen-bond donors (Lipinski definition) is 0. The molecule has 0 aliphatic heterocycles. The Balaban J connectivity index is 1.01. The van der Waals surface area contributed by atoms with Crippen molar-refractivity contribution in [2.75, 3.05) is 4.90 Å². The van der Waals surface area contributed by atoms with E-state index in [2.05, 4.69) is 234 Å². The van der Waals surface area contributed by atoms with Gasteiger partial charge < -0.3 is 13.9 Å². The number of para-hydroxylation sites is 4. The Morgan fingerprint density at radius 1 is 0.302 bits per heavy atom. The molecule has 0 amide bonds. The van der Waals surface area contributed by atoms with Gasteiger partial charge in [0, 0.05) is 49.9 Å². The molecule has 0 aliphatic rings. The first-order valence-corrected chi connectivity index (χ1v) is 21.6. The summed E-state index contributed by atoms with van der Waals surface area (Å²) in [7, 11) is 0. The molecule has 0 saturated heterocycles. The summed E-state index contributed by atoms with van der Waals surface area (Å²) in [5.41, 5.74) is 13.2. The van der Waals surface area contributed by atoms with E-state index in [1.54, 1.807) is 0 Å². The molecule has 0 N–H and O–H groups in total. The van der Waals surface area contributed by atoms with E-state index in [0.29, 0.717) is 0 Å². The SMILES string of the molecule is c1ccc(N(c2ccccc2)c2ccc(-c3ccc4c(c3)c3cc(-c5cccc6c5oc5ccccc56)ccc3n4-c3ccc4c5ccccc5c5ccccc5c4c3)cc2)cc1. The normalized spacial score (nSPS) is 11.8. The molecule has 3 heteroatoms. The van der Waals surface area contributed by atoms with Crippen LogP contribution in [0.1, 0.15) is 0 Å². The lowest BCUT2D eigenvalue weighted by Gasteiger charge is -2.25. The Hall–Kier alpha value is -8.40. The quantitative estimate of drug-likeness (QED) is 0.156. The molecule has 13 aromatic rings. The third kappa shape index (κ3) is 5.60. The third-order valence-electron chi connectivity index (χ3n) is 13.0. The van der Waals surface area contributed by atoms with E-state index in [-0.39, 0.29) is 0 Å². The highest BCUT2D eigenvalue weighted by molar-refractivity contribution is 6.26. The molecule has 3 nitrogen and oxygen atoms in total. The fourth-order valence-corrected chi connectivity index (χ4v) is 10.1. The van der Waals surface area contributed by atoms with Gasteiger partial charge in [0.15, 0.2) is 0 Å². The first kappa shape index (κ1) is 35.4. The minimum atomic E-state index is 0.903. The van der Waals surface area contributed by atoms with Crippen molar-refractivity contribution in [2.24, 2.45) is 0 Å². The zero-order valence-corrected chi connectivity index (χ0v) is 34.2. The fraction of sp³-hybridized carbons (Fsp3) is 0. The topological polar surface area (TPSA) is 21.3 Å². The zero-order chi connectivity index (χ0) is 41.4. The van der Waals surface area contributed by atoms with Gasteiger partial charge in [0.05, 0.1) is 11.0 Å². The van der Waals surface area contributed by atoms with Crippen molar-refractivity contribution < 1.29 is 4.42 Å². The maximum absolute atomic E-state index is 6.57. The van der Waals surface area contributed by atoms with Crippen molar-refractivity contribution in [1.82, 2.24) is 4.57 Å². The van der Waals surface area contributed by atoms with Gasteiger partial charge in [-0.3, -0.25) is 0 Å². The van der Waals surface area contributed by atoms with Gasteiger partial charge in [-0.15, -0.1) is 0 Å². The molecule has 0 unspecified atom stereocenters. The predicted molar refractivity (Wildman–Crippen MR) is 266 cm³/mol. The van der Waals surface area contributed by atoms with Crippen molar-refractivity contribution >= 4 is 93.1 Å². The first-order chi connectivity index (χ1) is 31.2. The maximum Gasteiger partial charge on any atom is 0.143 e. The number of fused-ring (bicyclic) bond motifs is 12. The highest BCUT2D eigenvalue weighted by Gasteiger charge is 2.19. The van der Waals surface area contributed by atoms with Gasteiger partial charge in [0.25, 0.3) is 0 Å². The summed E-state index contributed by atoms with van der Waals surface area (Å²) in [6.45, 7) is 0. The number of benzene rings is 11. The van der Waals surface area contributed by atoms with Crippen molar-refractivity contribution in [2.45, 2.75) is 0 Å². The molecular formula is C60H38N2O. The summed E-state index contributed by atoms with van der Waals surface area (Å²) in [5, 5.41) is 12.3. The smallest absolute Gasteiger partial charge is 0.143 e. The van der Waals surface area contributed by atoms with Gasteiger partial charge in [0.1, 0.15) is 11.2 Å². The molecule has 0 aliphatic carbocycles. The number of rotatable bonds is 6. The Morgan fingerprint density at radius 2 is 0.794 bits per heavy atom. The van der Waals surface area contributed by atoms with Crippen LogP contribution in [0.3, 0.4) is 0 Å². The Kier molecular flexibility index (Phi) is 7.91. The second-order valence-corrected chi connectivity index (χ2v) is 16.5. The number of aromatic nitrogens is 1. The molecule has 0 atom stereocenters. The predicted octanol–water partition coefficient (Wildman–Crippen LogP) is 16.9. The van der Waals surface area contributed by atoms with E-state index in [0.717, 1.165) is 72.4 Å². The van der Waals surface area contributed by atoms with Gasteiger partial charge in [-0.1, -0.05) is 152 Å². The fourth-order valence-electron chi connectivity index (χ4n) is 10.1. The lowest BCUT2D eigenvalue weighted by Crippen LogP contribution is -2.09. The molecular weight excluding hydrogens is 765 g/mol. The number of nitrogens with zero attached hydrogens (tertiary/aromatic N) is 2. The van der Waals surface area contributed by atoms with Crippen molar-refractivity contribution in [1.29, 1.82) is 0 Å². The van der Waals surface area contributed by atoms with Crippen molar-refractivity contribution in [3.63, 3.8) is 0 Å². The van der Waals surface area contributed by atoms with Crippen molar-refractivity contribution in [3.8, 4) is 27.9 Å². The van der Waals surface area contributed by atoms with Crippen LogP contribution < -0.4 is 4.90 Å². The van der Waals surface area contributed by atoms with E-state index in [1.165, 1.54) is 48.7 Å². The highest BCUT2D eigenvalue weighted by Crippen LogP contribution is 2.43. The second kappa shape index (κ2) is 14.1. The number of hydrogen-bond acceptors (Lipinski definition) is 2. The van der Waals surface area contributed by atoms with Crippen LogP contribution in [0.15, 0.2) is 235 Å². The zero-order valence-electron chi connectivity index (χ0n) is 34.2. The second-order valence-electron chi connectivity index (χ2n) is 16.5. The number of furan rings is 1. The largest absolute Gasteiger partial charge is 0.455 e. The molecule has 0 saturated carbocycles. The van der Waals surface area contributed by atoms with Crippen LogP contribution in [-0.4, -0.2) is 4.57 Å². The summed E-state index contributed by atoms with van der Waals surface area (Å²) >= 11 is 0. The van der Waals surface area contributed by atoms with Gasteiger partial charge in [0.2, 0.25) is 0 Å². The average molecular weight is 803 g/mol. The monoisotopic (exact) mass is 802 g/mol. The Labute approximate surface area is 363 Å². The standard InChI is InChI=1S/C60H38N2O/c1-3-14-42(15-4-1)61(43-16-5-2-6-17-43)44-30-26-39(27-31-44)40-28-34-57-55(36-40)56-37-41(46-23-13-24-53-52-22-11-12-25-59(52)63-60(46)53)29-35-58(56)62(57)45-32-33-51-49-20-8-7-18-47(49)48-19-9-10-21-50(48)54(51)38-45/h1-38H. The van der Waals surface area contributed by atoms with E-state index < -0.39 is 0 Å². The highest BCUT2D eigenvalue weighted by atomic mass is 16.3. The van der Waals surface area contributed by atoms with E-state index >= 15 is 0 Å². The van der Waals surface area contributed by atoms with Crippen LogP contribution in [0, 0.1) is 0 Å². The van der Waals surface area contributed by atoms with Crippen LogP contribution in [0.4, 0.5) is 17.1 Å². The summed E-state index contributed by atoms with van der Waals surface area (Å²) < 4.78 is 9.02. The molecule has 294 valence electrons. The van der Waals surface area contributed by atoms with Gasteiger partial charge in [-0.05, 0) is 128 Å². The first-order valence-electron chi connectivity index (χ1n) is 21.6. The summed E-state index contributed by atoms with van der Waals surface area (Å²) in [6, 6.07) is 83.4. The van der Waals surface area contributed by atoms with E-state index in [4.69, 9.17) is 4.42 Å². The van der Waals surface area contributed by atoms with Crippen molar-refractivity contribution in [3.05, 3.63) is 231 Å².